The van der Waals surface area contributed by atoms with Gasteiger partial charge in [0.1, 0.15) is 6.07 Å². The Hall–Kier alpha value is -3.18. The van der Waals surface area contributed by atoms with Gasteiger partial charge in [-0.25, -0.2) is 0 Å². The summed E-state index contributed by atoms with van der Waals surface area (Å²) >= 11 is 0. The SMILES string of the molecule is CO[C@@H]1CNC[C@@H]1Nc1ccc2c(c1)CN1[C@H](C)CN(c3ccc(C#N)c4ncccc34)C[C@H]21. The van der Waals surface area contributed by atoms with E-state index in [1.165, 1.54) is 22.5 Å². The summed E-state index contributed by atoms with van der Waals surface area (Å²) < 4.78 is 5.62. The Morgan fingerprint density at radius 1 is 1.18 bits per heavy atom. The minimum Gasteiger partial charge on any atom is -0.378 e. The van der Waals surface area contributed by atoms with Crippen LogP contribution < -0.4 is 15.5 Å². The number of nitriles is 1. The number of anilines is 2. The summed E-state index contributed by atoms with van der Waals surface area (Å²) in [6.07, 6.45) is 1.97. The number of nitrogens with zero attached hydrogens (tertiary/aromatic N) is 4. The summed E-state index contributed by atoms with van der Waals surface area (Å²) in [5.74, 6) is 0. The van der Waals surface area contributed by atoms with E-state index < -0.39 is 0 Å². The van der Waals surface area contributed by atoms with Crippen molar-refractivity contribution >= 4 is 22.3 Å². The van der Waals surface area contributed by atoms with E-state index >= 15 is 0 Å². The predicted octanol–water partition coefficient (Wildman–Crippen LogP) is 3.27. The number of piperazine rings is 1. The molecule has 4 atom stereocenters. The Morgan fingerprint density at radius 3 is 2.94 bits per heavy atom. The largest absolute Gasteiger partial charge is 0.378 e. The van der Waals surface area contributed by atoms with E-state index in [-0.39, 0.29) is 6.10 Å². The van der Waals surface area contributed by atoms with Crippen LogP contribution in [0.5, 0.6) is 0 Å². The van der Waals surface area contributed by atoms with Crippen molar-refractivity contribution in [3.63, 3.8) is 0 Å². The smallest absolute Gasteiger partial charge is 0.101 e. The van der Waals surface area contributed by atoms with Crippen molar-refractivity contribution in [1.29, 1.82) is 5.26 Å². The Balaban J connectivity index is 1.28. The Kier molecular flexibility index (Phi) is 5.37. The fourth-order valence-electron chi connectivity index (χ4n) is 6.00. The summed E-state index contributed by atoms with van der Waals surface area (Å²) in [5, 5.41) is 17.7. The molecule has 0 unspecified atom stereocenters. The third-order valence-corrected chi connectivity index (χ3v) is 7.72. The second-order valence-corrected chi connectivity index (χ2v) is 9.68. The molecule has 0 radical (unpaired) electrons. The van der Waals surface area contributed by atoms with Crippen LogP contribution in [-0.4, -0.2) is 61.4 Å². The summed E-state index contributed by atoms with van der Waals surface area (Å²) in [6.45, 7) is 7.00. The van der Waals surface area contributed by atoms with Gasteiger partial charge in [-0.3, -0.25) is 9.88 Å². The van der Waals surface area contributed by atoms with Crippen LogP contribution in [-0.2, 0) is 11.3 Å². The number of pyridine rings is 1. The van der Waals surface area contributed by atoms with Gasteiger partial charge in [0, 0.05) is 68.8 Å². The van der Waals surface area contributed by atoms with Gasteiger partial charge in [0.2, 0.25) is 0 Å². The van der Waals surface area contributed by atoms with Gasteiger partial charge in [-0.15, -0.1) is 0 Å². The number of fused-ring (bicyclic) bond motifs is 4. The lowest BCUT2D eigenvalue weighted by Gasteiger charge is -2.43. The highest BCUT2D eigenvalue weighted by Crippen LogP contribution is 2.42. The fourth-order valence-corrected chi connectivity index (χ4v) is 6.00. The first kappa shape index (κ1) is 21.4. The van der Waals surface area contributed by atoms with Crippen molar-refractivity contribution in [2.75, 3.05) is 43.5 Å². The van der Waals surface area contributed by atoms with Gasteiger partial charge >= 0.3 is 0 Å². The minimum absolute atomic E-state index is 0.199. The maximum atomic E-state index is 9.53. The number of nitrogens with one attached hydrogen (secondary N) is 2. The zero-order valence-corrected chi connectivity index (χ0v) is 19.7. The molecule has 2 N–H and O–H groups in total. The lowest BCUT2D eigenvalue weighted by molar-refractivity contribution is 0.111. The number of methoxy groups -OCH3 is 1. The summed E-state index contributed by atoms with van der Waals surface area (Å²) in [7, 11) is 1.79. The zero-order valence-electron chi connectivity index (χ0n) is 19.7. The van der Waals surface area contributed by atoms with Crippen molar-refractivity contribution in [3.8, 4) is 6.07 Å². The molecule has 0 saturated carbocycles. The molecule has 3 aliphatic heterocycles. The average molecular weight is 455 g/mol. The molecule has 7 nitrogen and oxygen atoms in total. The van der Waals surface area contributed by atoms with Crippen molar-refractivity contribution in [3.05, 3.63) is 65.4 Å². The van der Waals surface area contributed by atoms with Crippen LogP contribution >= 0.6 is 0 Å². The van der Waals surface area contributed by atoms with Crippen LogP contribution in [0.3, 0.4) is 0 Å². The van der Waals surface area contributed by atoms with E-state index in [0.717, 1.165) is 43.6 Å². The van der Waals surface area contributed by atoms with Crippen molar-refractivity contribution < 1.29 is 4.74 Å². The van der Waals surface area contributed by atoms with Gasteiger partial charge in [0.15, 0.2) is 0 Å². The maximum absolute atomic E-state index is 9.53. The first-order valence-corrected chi connectivity index (χ1v) is 12.1. The van der Waals surface area contributed by atoms with Crippen molar-refractivity contribution in [1.82, 2.24) is 15.2 Å². The normalized spacial score (nSPS) is 26.3. The third-order valence-electron chi connectivity index (χ3n) is 7.72. The highest BCUT2D eigenvalue weighted by Gasteiger charge is 2.39. The van der Waals surface area contributed by atoms with Crippen LogP contribution in [0.25, 0.3) is 10.9 Å². The Labute approximate surface area is 200 Å². The number of aromatic nitrogens is 1. The number of benzene rings is 2. The third kappa shape index (κ3) is 3.50. The quantitative estimate of drug-likeness (QED) is 0.627. The molecule has 34 heavy (non-hydrogen) atoms. The summed E-state index contributed by atoms with van der Waals surface area (Å²) in [4.78, 5) is 9.62. The van der Waals surface area contributed by atoms with Gasteiger partial charge in [-0.05, 0) is 54.4 Å². The van der Waals surface area contributed by atoms with E-state index in [4.69, 9.17) is 4.74 Å². The van der Waals surface area contributed by atoms with Crippen LogP contribution in [0.4, 0.5) is 11.4 Å². The number of hydrogen-bond acceptors (Lipinski definition) is 7. The first-order chi connectivity index (χ1) is 16.7. The molecule has 4 heterocycles. The first-order valence-electron chi connectivity index (χ1n) is 12.1. The van der Waals surface area contributed by atoms with E-state index in [1.54, 1.807) is 13.3 Å². The maximum Gasteiger partial charge on any atom is 0.101 e. The molecule has 2 saturated heterocycles. The van der Waals surface area contributed by atoms with E-state index in [0.29, 0.717) is 23.7 Å². The molecule has 0 aliphatic carbocycles. The topological polar surface area (TPSA) is 76.5 Å². The molecule has 6 rings (SSSR count). The molecule has 7 heteroatoms. The number of hydrogen-bond donors (Lipinski definition) is 2. The monoisotopic (exact) mass is 454 g/mol. The molecule has 1 aromatic heterocycles. The molecular weight excluding hydrogens is 424 g/mol. The molecule has 3 aliphatic rings. The highest BCUT2D eigenvalue weighted by atomic mass is 16.5. The second-order valence-electron chi connectivity index (χ2n) is 9.68. The summed E-state index contributed by atoms with van der Waals surface area (Å²) in [5.41, 5.74) is 6.59. The van der Waals surface area contributed by atoms with Crippen LogP contribution in [0.1, 0.15) is 29.7 Å². The van der Waals surface area contributed by atoms with E-state index in [1.807, 2.05) is 12.1 Å². The Morgan fingerprint density at radius 2 is 2.09 bits per heavy atom. The number of rotatable bonds is 4. The lowest BCUT2D eigenvalue weighted by Crippen LogP contribution is -2.51. The van der Waals surface area contributed by atoms with Gasteiger partial charge in [-0.2, -0.15) is 5.26 Å². The van der Waals surface area contributed by atoms with Crippen LogP contribution in [0, 0.1) is 11.3 Å². The van der Waals surface area contributed by atoms with E-state index in [9.17, 15) is 5.26 Å². The standard InChI is InChI=1S/C27H30N6O/c1-17-14-32(24-8-5-18(11-28)27-22(24)4-3-9-30-27)16-25-21-7-6-20(10-19(21)15-33(17)25)31-23-12-29-13-26(23)34-2/h3-10,17,23,25-26,29,31H,12-16H2,1-2H3/t17-,23+,25-,26-/m1/s1. The molecule has 0 amide bonds. The molecular formula is C27H30N6O. The van der Waals surface area contributed by atoms with Gasteiger partial charge in [-0.1, -0.05) is 6.07 Å². The minimum atomic E-state index is 0.199. The Bertz CT molecular complexity index is 1270. The zero-order chi connectivity index (χ0) is 23.2. The molecule has 2 fully saturated rings. The number of ether oxygens (including phenoxy) is 1. The van der Waals surface area contributed by atoms with Crippen LogP contribution in [0.2, 0.25) is 0 Å². The van der Waals surface area contributed by atoms with Crippen molar-refractivity contribution in [2.24, 2.45) is 0 Å². The molecule has 2 aromatic carbocycles. The molecule has 3 aromatic rings. The lowest BCUT2D eigenvalue weighted by atomic mass is 9.99. The van der Waals surface area contributed by atoms with Gasteiger partial charge in [0.05, 0.1) is 29.3 Å². The molecule has 0 spiro atoms. The van der Waals surface area contributed by atoms with E-state index in [2.05, 4.69) is 68.7 Å². The van der Waals surface area contributed by atoms with Gasteiger partial charge < -0.3 is 20.3 Å². The average Bonchev–Trinajstić information content (AvgIpc) is 3.47. The van der Waals surface area contributed by atoms with Gasteiger partial charge in [0.25, 0.3) is 0 Å². The summed E-state index contributed by atoms with van der Waals surface area (Å²) in [6, 6.07) is 18.3. The van der Waals surface area contributed by atoms with Crippen molar-refractivity contribution in [2.45, 2.75) is 37.7 Å². The molecule has 0 bridgehead atoms. The predicted molar refractivity (Wildman–Crippen MR) is 134 cm³/mol. The van der Waals surface area contributed by atoms with Crippen LogP contribution in [0.15, 0.2) is 48.7 Å². The fraction of sp³-hybridized carbons (Fsp3) is 0.407. The highest BCUT2D eigenvalue weighted by molar-refractivity contribution is 5.95. The molecule has 174 valence electrons. The second kappa shape index (κ2) is 8.55.